The molecular weight excluding hydrogens is 270 g/mol. The molecule has 0 saturated carbocycles. The number of furan rings is 1. The molecule has 0 bridgehead atoms. The molecule has 0 fully saturated rings. The Hall–Kier alpha value is -2.96. The lowest BCUT2D eigenvalue weighted by molar-refractivity contribution is 0.0995. The molecule has 0 saturated heterocycles. The van der Waals surface area contributed by atoms with E-state index in [1.54, 1.807) is 42.9 Å². The van der Waals surface area contributed by atoms with Gasteiger partial charge in [-0.25, -0.2) is 4.68 Å². The van der Waals surface area contributed by atoms with Gasteiger partial charge in [0.05, 0.1) is 0 Å². The third-order valence-electron chi connectivity index (χ3n) is 2.96. The van der Waals surface area contributed by atoms with Gasteiger partial charge in [-0.15, -0.1) is 5.10 Å². The molecule has 106 valence electrons. The van der Waals surface area contributed by atoms with Gasteiger partial charge in [0.1, 0.15) is 5.76 Å². The van der Waals surface area contributed by atoms with E-state index in [2.05, 4.69) is 20.8 Å². The fraction of sp³-hybridized carbons (Fsp3) is 0.143. The van der Waals surface area contributed by atoms with E-state index >= 15 is 0 Å². The molecule has 21 heavy (non-hydrogen) atoms. The van der Waals surface area contributed by atoms with Gasteiger partial charge >= 0.3 is 0 Å². The first-order valence-electron chi connectivity index (χ1n) is 6.34. The molecule has 2 heterocycles. The lowest BCUT2D eigenvalue weighted by atomic mass is 10.2. The van der Waals surface area contributed by atoms with E-state index in [1.807, 2.05) is 12.1 Å². The molecule has 0 radical (unpaired) electrons. The third kappa shape index (κ3) is 2.66. The summed E-state index contributed by atoms with van der Waals surface area (Å²) >= 11 is 0. The van der Waals surface area contributed by atoms with Gasteiger partial charge in [-0.1, -0.05) is 12.1 Å². The summed E-state index contributed by atoms with van der Waals surface area (Å²) in [6.45, 7) is 1.79. The van der Waals surface area contributed by atoms with Gasteiger partial charge in [-0.2, -0.15) is 0 Å². The first-order chi connectivity index (χ1) is 10.1. The van der Waals surface area contributed by atoms with Crippen molar-refractivity contribution in [2.45, 2.75) is 6.92 Å². The van der Waals surface area contributed by atoms with Crippen LogP contribution in [0.25, 0.3) is 11.4 Å². The summed E-state index contributed by atoms with van der Waals surface area (Å²) in [7, 11) is 1.76. The summed E-state index contributed by atoms with van der Waals surface area (Å²) in [5.41, 5.74) is 1.46. The number of hydrogen-bond acceptors (Lipinski definition) is 5. The Morgan fingerprint density at radius 1 is 1.29 bits per heavy atom. The monoisotopic (exact) mass is 283 g/mol. The minimum absolute atomic E-state index is 0.276. The predicted octanol–water partition coefficient (Wildman–Crippen LogP) is 2.03. The Kier molecular flexibility index (Phi) is 3.23. The zero-order chi connectivity index (χ0) is 14.8. The number of nitrogens with one attached hydrogen (secondary N) is 1. The van der Waals surface area contributed by atoms with Gasteiger partial charge < -0.3 is 9.73 Å². The van der Waals surface area contributed by atoms with Crippen LogP contribution in [-0.4, -0.2) is 26.1 Å². The SMILES string of the molecule is Cc1ccc(C(=O)Nc2cccc(-c3nnnn3C)c2)o1. The number of hydrogen-bond donors (Lipinski definition) is 1. The molecule has 7 nitrogen and oxygen atoms in total. The molecule has 1 aromatic carbocycles. The van der Waals surface area contributed by atoms with Crippen molar-refractivity contribution in [3.05, 3.63) is 47.9 Å². The standard InChI is InChI=1S/C14H13N5O2/c1-9-6-7-12(21-9)14(20)15-11-5-3-4-10(8-11)13-16-17-18-19(13)2/h3-8H,1-2H3,(H,15,20). The lowest BCUT2D eigenvalue weighted by Gasteiger charge is -2.05. The highest BCUT2D eigenvalue weighted by atomic mass is 16.3. The maximum Gasteiger partial charge on any atom is 0.291 e. The molecule has 7 heteroatoms. The maximum atomic E-state index is 12.0. The smallest absolute Gasteiger partial charge is 0.291 e. The van der Waals surface area contributed by atoms with Crippen LogP contribution in [0.5, 0.6) is 0 Å². The number of nitrogens with zero attached hydrogens (tertiary/aromatic N) is 4. The second-order valence-electron chi connectivity index (χ2n) is 4.57. The zero-order valence-corrected chi connectivity index (χ0v) is 11.6. The highest BCUT2D eigenvalue weighted by Gasteiger charge is 2.11. The van der Waals surface area contributed by atoms with Crippen LogP contribution in [-0.2, 0) is 7.05 Å². The van der Waals surface area contributed by atoms with Crippen LogP contribution in [0, 0.1) is 6.92 Å². The molecule has 0 spiro atoms. The van der Waals surface area contributed by atoms with Crippen LogP contribution >= 0.6 is 0 Å². The molecular formula is C14H13N5O2. The lowest BCUT2D eigenvalue weighted by Crippen LogP contribution is -2.10. The molecule has 0 aliphatic carbocycles. The number of rotatable bonds is 3. The number of aryl methyl sites for hydroxylation is 2. The first kappa shape index (κ1) is 13.0. The summed E-state index contributed by atoms with van der Waals surface area (Å²) in [5, 5.41) is 14.1. The molecule has 0 unspecified atom stereocenters. The molecule has 3 rings (SSSR count). The number of benzene rings is 1. The van der Waals surface area contributed by atoms with Crippen LogP contribution in [0.2, 0.25) is 0 Å². The largest absolute Gasteiger partial charge is 0.456 e. The topological polar surface area (TPSA) is 85.8 Å². The summed E-state index contributed by atoms with van der Waals surface area (Å²) in [5.74, 6) is 1.30. The summed E-state index contributed by atoms with van der Waals surface area (Å²) < 4.78 is 6.86. The van der Waals surface area contributed by atoms with E-state index in [0.717, 1.165) is 5.56 Å². The van der Waals surface area contributed by atoms with Crippen molar-refractivity contribution in [2.75, 3.05) is 5.32 Å². The number of amides is 1. The molecule has 0 aliphatic rings. The van der Waals surface area contributed by atoms with E-state index < -0.39 is 0 Å². The highest BCUT2D eigenvalue weighted by Crippen LogP contribution is 2.20. The van der Waals surface area contributed by atoms with Crippen molar-refractivity contribution in [1.82, 2.24) is 20.2 Å². The molecule has 1 amide bonds. The summed E-state index contributed by atoms with van der Waals surface area (Å²) in [6, 6.07) is 10.7. The van der Waals surface area contributed by atoms with E-state index in [-0.39, 0.29) is 11.7 Å². The van der Waals surface area contributed by atoms with Crippen molar-refractivity contribution in [3.8, 4) is 11.4 Å². The van der Waals surface area contributed by atoms with Crippen LogP contribution in [0.4, 0.5) is 5.69 Å². The van der Waals surface area contributed by atoms with Gasteiger partial charge in [0.15, 0.2) is 11.6 Å². The average molecular weight is 283 g/mol. The predicted molar refractivity (Wildman–Crippen MR) is 75.6 cm³/mol. The molecule has 1 N–H and O–H groups in total. The Labute approximate surface area is 120 Å². The van der Waals surface area contributed by atoms with Crippen molar-refractivity contribution in [1.29, 1.82) is 0 Å². The number of carbonyl (C=O) groups excluding carboxylic acids is 1. The number of carbonyl (C=O) groups is 1. The molecule has 0 atom stereocenters. The van der Waals surface area contributed by atoms with Crippen molar-refractivity contribution < 1.29 is 9.21 Å². The number of anilines is 1. The van der Waals surface area contributed by atoms with Crippen LogP contribution in [0.15, 0.2) is 40.8 Å². The second kappa shape index (κ2) is 5.20. The molecule has 3 aromatic rings. The summed E-state index contributed by atoms with van der Waals surface area (Å²) in [6.07, 6.45) is 0. The van der Waals surface area contributed by atoms with Gasteiger partial charge in [0.2, 0.25) is 0 Å². The normalized spacial score (nSPS) is 10.6. The van der Waals surface area contributed by atoms with E-state index in [9.17, 15) is 4.79 Å². The van der Waals surface area contributed by atoms with E-state index in [4.69, 9.17) is 4.42 Å². The van der Waals surface area contributed by atoms with Crippen molar-refractivity contribution >= 4 is 11.6 Å². The third-order valence-corrected chi connectivity index (χ3v) is 2.96. The average Bonchev–Trinajstić information content (AvgIpc) is 3.08. The van der Waals surface area contributed by atoms with Crippen molar-refractivity contribution in [3.63, 3.8) is 0 Å². The highest BCUT2D eigenvalue weighted by molar-refractivity contribution is 6.02. The Balaban J connectivity index is 1.84. The van der Waals surface area contributed by atoms with Gasteiger partial charge in [-0.3, -0.25) is 4.79 Å². The Morgan fingerprint density at radius 3 is 2.81 bits per heavy atom. The van der Waals surface area contributed by atoms with Crippen LogP contribution < -0.4 is 5.32 Å². The maximum absolute atomic E-state index is 12.0. The first-order valence-corrected chi connectivity index (χ1v) is 6.34. The molecule has 2 aromatic heterocycles. The fourth-order valence-electron chi connectivity index (χ4n) is 1.96. The van der Waals surface area contributed by atoms with Crippen LogP contribution in [0.3, 0.4) is 0 Å². The van der Waals surface area contributed by atoms with E-state index in [1.165, 1.54) is 0 Å². The number of tetrazole rings is 1. The van der Waals surface area contributed by atoms with Gasteiger partial charge in [-0.05, 0) is 41.6 Å². The minimum atomic E-state index is -0.295. The van der Waals surface area contributed by atoms with Gasteiger partial charge in [0.25, 0.3) is 5.91 Å². The van der Waals surface area contributed by atoms with E-state index in [0.29, 0.717) is 17.3 Å². The zero-order valence-electron chi connectivity index (χ0n) is 11.6. The Morgan fingerprint density at radius 2 is 2.14 bits per heavy atom. The number of aromatic nitrogens is 4. The van der Waals surface area contributed by atoms with Crippen molar-refractivity contribution in [2.24, 2.45) is 7.05 Å². The van der Waals surface area contributed by atoms with Crippen LogP contribution in [0.1, 0.15) is 16.3 Å². The second-order valence-corrected chi connectivity index (χ2v) is 4.57. The summed E-state index contributed by atoms with van der Waals surface area (Å²) in [4.78, 5) is 12.0. The Bertz CT molecular complexity index is 790. The fourth-order valence-corrected chi connectivity index (χ4v) is 1.96. The van der Waals surface area contributed by atoms with Gasteiger partial charge in [0, 0.05) is 18.3 Å². The quantitative estimate of drug-likeness (QED) is 0.794. The molecule has 0 aliphatic heterocycles. The minimum Gasteiger partial charge on any atom is -0.456 e.